The van der Waals surface area contributed by atoms with Crippen LogP contribution in [0.5, 0.6) is 0 Å². The minimum absolute atomic E-state index is 0.0344. The Balaban J connectivity index is 1.96. The quantitative estimate of drug-likeness (QED) is 0.875. The van der Waals surface area contributed by atoms with Crippen LogP contribution in [0.3, 0.4) is 0 Å². The lowest BCUT2D eigenvalue weighted by molar-refractivity contribution is -0.131. The molecule has 1 atom stereocenters. The van der Waals surface area contributed by atoms with Crippen LogP contribution >= 0.6 is 0 Å². The third-order valence-corrected chi connectivity index (χ3v) is 3.41. The van der Waals surface area contributed by atoms with Gasteiger partial charge in [-0.3, -0.25) is 4.79 Å². The van der Waals surface area contributed by atoms with E-state index in [0.29, 0.717) is 32.7 Å². The molecule has 1 aromatic rings. The molecule has 1 saturated heterocycles. The minimum atomic E-state index is -0.586. The van der Waals surface area contributed by atoms with Gasteiger partial charge in [0.25, 0.3) is 0 Å². The predicted molar refractivity (Wildman–Crippen MR) is 77.9 cm³/mol. The van der Waals surface area contributed by atoms with E-state index in [0.717, 1.165) is 11.3 Å². The number of anilines is 1. The van der Waals surface area contributed by atoms with E-state index in [-0.39, 0.29) is 5.91 Å². The molecule has 20 heavy (non-hydrogen) atoms. The third-order valence-electron chi connectivity index (χ3n) is 3.41. The number of aliphatic hydroxyl groups excluding tert-OH is 1. The number of aliphatic hydroxyl groups is 1. The van der Waals surface area contributed by atoms with E-state index in [2.05, 4.69) is 0 Å². The van der Waals surface area contributed by atoms with E-state index in [1.165, 1.54) is 0 Å². The Hall–Kier alpha value is -1.59. The van der Waals surface area contributed by atoms with Crippen molar-refractivity contribution >= 4 is 11.6 Å². The molecule has 0 bridgehead atoms. The fraction of sp³-hybridized carbons (Fsp3) is 0.533. The second kappa shape index (κ2) is 6.72. The van der Waals surface area contributed by atoms with Crippen molar-refractivity contribution in [3.05, 3.63) is 29.8 Å². The van der Waals surface area contributed by atoms with Crippen LogP contribution in [-0.2, 0) is 16.0 Å². The van der Waals surface area contributed by atoms with Gasteiger partial charge in [0.15, 0.2) is 0 Å². The summed E-state index contributed by atoms with van der Waals surface area (Å²) >= 11 is 0. The van der Waals surface area contributed by atoms with Crippen molar-refractivity contribution in [1.82, 2.24) is 4.90 Å². The summed E-state index contributed by atoms with van der Waals surface area (Å²) in [5, 5.41) is 9.65. The molecular formula is C15H22N2O3. The molecule has 0 unspecified atom stereocenters. The largest absolute Gasteiger partial charge is 0.389 e. The average molecular weight is 278 g/mol. The first-order chi connectivity index (χ1) is 9.56. The monoisotopic (exact) mass is 278 g/mol. The maximum atomic E-state index is 12.2. The highest BCUT2D eigenvalue weighted by Crippen LogP contribution is 2.13. The number of rotatable bonds is 3. The Morgan fingerprint density at radius 1 is 1.40 bits per heavy atom. The van der Waals surface area contributed by atoms with E-state index in [1.54, 1.807) is 4.90 Å². The van der Waals surface area contributed by atoms with E-state index < -0.39 is 6.10 Å². The van der Waals surface area contributed by atoms with Crippen LogP contribution in [0, 0.1) is 0 Å². The highest BCUT2D eigenvalue weighted by molar-refractivity contribution is 5.79. The minimum Gasteiger partial charge on any atom is -0.389 e. The number of carbonyl (C=O) groups is 1. The summed E-state index contributed by atoms with van der Waals surface area (Å²) < 4.78 is 5.23. The lowest BCUT2D eigenvalue weighted by Crippen LogP contribution is -2.38. The van der Waals surface area contributed by atoms with Crippen LogP contribution in [0.15, 0.2) is 24.3 Å². The predicted octanol–water partition coefficient (Wildman–Crippen LogP) is 0.515. The van der Waals surface area contributed by atoms with Gasteiger partial charge < -0.3 is 19.6 Å². The van der Waals surface area contributed by atoms with Crippen molar-refractivity contribution in [3.8, 4) is 0 Å². The summed E-state index contributed by atoms with van der Waals surface area (Å²) in [4.78, 5) is 15.9. The van der Waals surface area contributed by atoms with Gasteiger partial charge >= 0.3 is 0 Å². The standard InChI is InChI=1S/C15H22N2O3/c1-16(2)13-5-3-12(4-6-13)9-15(19)17-7-8-20-11-14(18)10-17/h3-6,14,18H,7-11H2,1-2H3/t14-/m1/s1. The molecule has 1 aromatic carbocycles. The van der Waals surface area contributed by atoms with Gasteiger partial charge in [0.1, 0.15) is 0 Å². The number of carbonyl (C=O) groups excluding carboxylic acids is 1. The van der Waals surface area contributed by atoms with Gasteiger partial charge in [-0.05, 0) is 17.7 Å². The zero-order chi connectivity index (χ0) is 14.5. The SMILES string of the molecule is CN(C)c1ccc(CC(=O)N2CCOC[C@H](O)C2)cc1. The smallest absolute Gasteiger partial charge is 0.227 e. The second-order valence-corrected chi connectivity index (χ2v) is 5.31. The maximum Gasteiger partial charge on any atom is 0.227 e. The van der Waals surface area contributed by atoms with Crippen LogP contribution in [0.25, 0.3) is 0 Å². The summed E-state index contributed by atoms with van der Waals surface area (Å²) in [6.45, 7) is 1.70. The highest BCUT2D eigenvalue weighted by atomic mass is 16.5. The number of nitrogens with zero attached hydrogens (tertiary/aromatic N) is 2. The van der Waals surface area contributed by atoms with Crippen molar-refractivity contribution in [3.63, 3.8) is 0 Å². The molecule has 110 valence electrons. The van der Waals surface area contributed by atoms with Gasteiger partial charge in [-0.2, -0.15) is 0 Å². The van der Waals surface area contributed by atoms with E-state index in [4.69, 9.17) is 4.74 Å². The maximum absolute atomic E-state index is 12.2. The zero-order valence-electron chi connectivity index (χ0n) is 12.1. The molecule has 1 N–H and O–H groups in total. The topological polar surface area (TPSA) is 53.0 Å². The Morgan fingerprint density at radius 2 is 2.10 bits per heavy atom. The summed E-state index contributed by atoms with van der Waals surface area (Å²) in [5.74, 6) is 0.0344. The van der Waals surface area contributed by atoms with Crippen LogP contribution in [-0.4, -0.2) is 62.4 Å². The second-order valence-electron chi connectivity index (χ2n) is 5.31. The molecular weight excluding hydrogens is 256 g/mol. The molecule has 1 fully saturated rings. The number of ether oxygens (including phenoxy) is 1. The first kappa shape index (κ1) is 14.8. The van der Waals surface area contributed by atoms with Gasteiger partial charge in [-0.1, -0.05) is 12.1 Å². The molecule has 5 nitrogen and oxygen atoms in total. The molecule has 0 aromatic heterocycles. The number of hydrogen-bond acceptors (Lipinski definition) is 4. The summed E-state index contributed by atoms with van der Waals surface area (Å²) in [5.41, 5.74) is 2.10. The molecule has 0 spiro atoms. The highest BCUT2D eigenvalue weighted by Gasteiger charge is 2.20. The Labute approximate surface area is 119 Å². The normalized spacial score (nSPS) is 19.6. The summed E-state index contributed by atoms with van der Waals surface area (Å²) in [6.07, 6.45) is -0.224. The van der Waals surface area contributed by atoms with Gasteiger partial charge in [0.2, 0.25) is 5.91 Å². The van der Waals surface area contributed by atoms with Crippen molar-refractivity contribution in [2.24, 2.45) is 0 Å². The molecule has 5 heteroatoms. The lowest BCUT2D eigenvalue weighted by atomic mass is 10.1. The van der Waals surface area contributed by atoms with Gasteiger partial charge in [0, 0.05) is 32.9 Å². The lowest BCUT2D eigenvalue weighted by Gasteiger charge is -2.21. The van der Waals surface area contributed by atoms with Crippen LogP contribution in [0.4, 0.5) is 5.69 Å². The van der Waals surface area contributed by atoms with Gasteiger partial charge in [-0.25, -0.2) is 0 Å². The fourth-order valence-electron chi connectivity index (χ4n) is 2.22. The molecule has 1 aliphatic rings. The summed E-state index contributed by atoms with van der Waals surface area (Å²) in [7, 11) is 3.97. The van der Waals surface area contributed by atoms with Crippen LogP contribution in [0.2, 0.25) is 0 Å². The summed E-state index contributed by atoms with van der Waals surface area (Å²) in [6, 6.07) is 7.95. The number of benzene rings is 1. The molecule has 0 saturated carbocycles. The van der Waals surface area contributed by atoms with E-state index >= 15 is 0 Å². The van der Waals surface area contributed by atoms with E-state index in [9.17, 15) is 9.90 Å². The van der Waals surface area contributed by atoms with Crippen LogP contribution in [0.1, 0.15) is 5.56 Å². The Kier molecular flexibility index (Phi) is 4.98. The van der Waals surface area contributed by atoms with Crippen LogP contribution < -0.4 is 4.90 Å². The van der Waals surface area contributed by atoms with Crippen molar-refractivity contribution in [2.45, 2.75) is 12.5 Å². The molecule has 0 radical (unpaired) electrons. The van der Waals surface area contributed by atoms with Crippen molar-refractivity contribution in [1.29, 1.82) is 0 Å². The Morgan fingerprint density at radius 3 is 2.75 bits per heavy atom. The first-order valence-electron chi connectivity index (χ1n) is 6.86. The van der Waals surface area contributed by atoms with Crippen molar-refractivity contribution < 1.29 is 14.6 Å². The number of β-amino-alcohol motifs (C(OH)–C–C–N with tert-alkyl or cyclic N) is 1. The molecule has 1 amide bonds. The van der Waals surface area contributed by atoms with Gasteiger partial charge in [-0.15, -0.1) is 0 Å². The third kappa shape index (κ3) is 3.95. The zero-order valence-corrected chi connectivity index (χ0v) is 12.1. The molecule has 1 heterocycles. The number of amides is 1. The molecule has 0 aliphatic carbocycles. The average Bonchev–Trinajstić information content (AvgIpc) is 2.64. The molecule has 2 rings (SSSR count). The van der Waals surface area contributed by atoms with Crippen molar-refractivity contribution in [2.75, 3.05) is 45.3 Å². The first-order valence-corrected chi connectivity index (χ1v) is 6.86. The fourth-order valence-corrected chi connectivity index (χ4v) is 2.22. The molecule has 1 aliphatic heterocycles. The van der Waals surface area contributed by atoms with E-state index in [1.807, 2.05) is 43.3 Å². The Bertz CT molecular complexity index is 445. The number of hydrogen-bond donors (Lipinski definition) is 1. The van der Waals surface area contributed by atoms with Gasteiger partial charge in [0.05, 0.1) is 25.7 Å².